The van der Waals surface area contributed by atoms with Crippen LogP contribution in [0.25, 0.3) is 0 Å². The van der Waals surface area contributed by atoms with E-state index in [0.717, 1.165) is 0 Å². The maximum absolute atomic E-state index is 11.7. The summed E-state index contributed by atoms with van der Waals surface area (Å²) in [7, 11) is 0. The zero-order chi connectivity index (χ0) is 11.5. The summed E-state index contributed by atoms with van der Waals surface area (Å²) >= 11 is 0. The van der Waals surface area contributed by atoms with Gasteiger partial charge in [0, 0.05) is 6.42 Å². The van der Waals surface area contributed by atoms with E-state index in [-0.39, 0.29) is 17.9 Å². The van der Waals surface area contributed by atoms with Crippen molar-refractivity contribution in [2.45, 2.75) is 40.0 Å². The summed E-state index contributed by atoms with van der Waals surface area (Å²) in [6.07, 6.45) is 3.05. The number of allylic oxidation sites excluding steroid dienone is 1. The normalized spacial score (nSPS) is 24.9. The molecule has 0 radical (unpaired) electrons. The van der Waals surface area contributed by atoms with Gasteiger partial charge >= 0.3 is 11.9 Å². The number of hydrogen-bond donors (Lipinski definition) is 0. The first-order valence-electron chi connectivity index (χ1n) is 5.05. The van der Waals surface area contributed by atoms with E-state index in [1.165, 1.54) is 6.08 Å². The quantitative estimate of drug-likeness (QED) is 0.577. The number of hydrogen-bond acceptors (Lipinski definition) is 4. The summed E-state index contributed by atoms with van der Waals surface area (Å²) < 4.78 is 9.85. The van der Waals surface area contributed by atoms with Crippen LogP contribution in [-0.4, -0.2) is 11.9 Å². The van der Waals surface area contributed by atoms with Crippen LogP contribution in [0.5, 0.6) is 0 Å². The van der Waals surface area contributed by atoms with Gasteiger partial charge in [0.25, 0.3) is 5.95 Å². The third kappa shape index (κ3) is 3.08. The van der Waals surface area contributed by atoms with Crippen LogP contribution in [0.3, 0.4) is 0 Å². The van der Waals surface area contributed by atoms with Gasteiger partial charge in [0.2, 0.25) is 0 Å². The first-order chi connectivity index (χ1) is 6.95. The lowest BCUT2D eigenvalue weighted by Crippen LogP contribution is -2.26. The van der Waals surface area contributed by atoms with Gasteiger partial charge in [-0.1, -0.05) is 0 Å². The van der Waals surface area contributed by atoms with Crippen molar-refractivity contribution in [3.63, 3.8) is 0 Å². The molecule has 84 valence electrons. The zero-order valence-corrected chi connectivity index (χ0v) is 9.33. The minimum absolute atomic E-state index is 0.0139. The van der Waals surface area contributed by atoms with Gasteiger partial charge in [0.05, 0.1) is 5.41 Å². The SMILES string of the molecule is C/C=C1/OC(=O)CCCC(C)(C)C(=O)O1. The van der Waals surface area contributed by atoms with E-state index in [1.807, 2.05) is 0 Å². The maximum atomic E-state index is 11.7. The standard InChI is InChI=1S/C11H16O4/c1-4-9-14-8(12)6-5-7-11(2,3)10(13)15-9/h4H,5-7H2,1-3H3/b9-4-. The Hall–Kier alpha value is -1.32. The molecule has 0 aliphatic carbocycles. The lowest BCUT2D eigenvalue weighted by atomic mass is 9.87. The topological polar surface area (TPSA) is 52.6 Å². The highest BCUT2D eigenvalue weighted by Crippen LogP contribution is 2.28. The number of esters is 2. The number of carbonyl (C=O) groups is 2. The first-order valence-corrected chi connectivity index (χ1v) is 5.05. The van der Waals surface area contributed by atoms with Crippen molar-refractivity contribution < 1.29 is 19.1 Å². The van der Waals surface area contributed by atoms with Crippen molar-refractivity contribution in [1.29, 1.82) is 0 Å². The van der Waals surface area contributed by atoms with Gasteiger partial charge in [0.15, 0.2) is 0 Å². The molecule has 0 aromatic rings. The Morgan fingerprint density at radius 1 is 1.27 bits per heavy atom. The largest absolute Gasteiger partial charge is 0.393 e. The summed E-state index contributed by atoms with van der Waals surface area (Å²) in [5.74, 6) is -0.723. The summed E-state index contributed by atoms with van der Waals surface area (Å²) in [6, 6.07) is 0. The highest BCUT2D eigenvalue weighted by Gasteiger charge is 2.32. The van der Waals surface area contributed by atoms with Crippen LogP contribution in [0.1, 0.15) is 40.0 Å². The van der Waals surface area contributed by atoms with E-state index < -0.39 is 5.41 Å². The fourth-order valence-corrected chi connectivity index (χ4v) is 1.31. The van der Waals surface area contributed by atoms with Gasteiger partial charge in [-0.2, -0.15) is 0 Å². The second-order valence-electron chi connectivity index (χ2n) is 4.21. The Labute approximate surface area is 89.2 Å². The highest BCUT2D eigenvalue weighted by molar-refractivity contribution is 5.78. The fourth-order valence-electron chi connectivity index (χ4n) is 1.31. The molecule has 0 atom stereocenters. The molecule has 0 saturated carbocycles. The third-order valence-corrected chi connectivity index (χ3v) is 2.38. The van der Waals surface area contributed by atoms with Gasteiger partial charge in [-0.15, -0.1) is 0 Å². The number of cyclic esters (lactones) is 2. The Morgan fingerprint density at radius 2 is 1.93 bits per heavy atom. The zero-order valence-electron chi connectivity index (χ0n) is 9.33. The second kappa shape index (κ2) is 4.47. The molecule has 0 aromatic carbocycles. The molecule has 0 bridgehead atoms. The van der Waals surface area contributed by atoms with Crippen LogP contribution in [0.15, 0.2) is 12.0 Å². The first kappa shape index (κ1) is 11.8. The van der Waals surface area contributed by atoms with Crippen molar-refractivity contribution in [2.24, 2.45) is 5.41 Å². The third-order valence-electron chi connectivity index (χ3n) is 2.38. The van der Waals surface area contributed by atoms with E-state index in [1.54, 1.807) is 20.8 Å². The van der Waals surface area contributed by atoms with Crippen molar-refractivity contribution >= 4 is 11.9 Å². The van der Waals surface area contributed by atoms with Gasteiger partial charge in [-0.05, 0) is 39.7 Å². The van der Waals surface area contributed by atoms with E-state index in [9.17, 15) is 9.59 Å². The molecule has 1 heterocycles. The number of rotatable bonds is 0. The Kier molecular flexibility index (Phi) is 3.50. The molecule has 0 N–H and O–H groups in total. The highest BCUT2D eigenvalue weighted by atomic mass is 16.7. The van der Waals surface area contributed by atoms with Crippen LogP contribution in [0.2, 0.25) is 0 Å². The minimum atomic E-state index is -0.567. The number of carbonyl (C=O) groups excluding carboxylic acids is 2. The van der Waals surface area contributed by atoms with E-state index in [2.05, 4.69) is 0 Å². The molecule has 4 heteroatoms. The summed E-state index contributed by atoms with van der Waals surface area (Å²) in [5, 5.41) is 0. The Morgan fingerprint density at radius 3 is 2.53 bits per heavy atom. The maximum Gasteiger partial charge on any atom is 0.319 e. The monoisotopic (exact) mass is 212 g/mol. The van der Waals surface area contributed by atoms with Gasteiger partial charge in [-0.25, -0.2) is 0 Å². The average Bonchev–Trinajstić information content (AvgIpc) is 2.19. The van der Waals surface area contributed by atoms with Gasteiger partial charge in [0.1, 0.15) is 0 Å². The van der Waals surface area contributed by atoms with Crippen molar-refractivity contribution in [1.82, 2.24) is 0 Å². The molecule has 15 heavy (non-hydrogen) atoms. The molecule has 1 fully saturated rings. The van der Waals surface area contributed by atoms with Crippen LogP contribution in [-0.2, 0) is 19.1 Å². The van der Waals surface area contributed by atoms with Crippen LogP contribution >= 0.6 is 0 Å². The molecule has 1 aliphatic rings. The molecule has 0 aromatic heterocycles. The predicted molar refractivity (Wildman–Crippen MR) is 53.6 cm³/mol. The Balaban J connectivity index is 2.85. The molecular weight excluding hydrogens is 196 g/mol. The lowest BCUT2D eigenvalue weighted by molar-refractivity contribution is -0.158. The predicted octanol–water partition coefficient (Wildman–Crippen LogP) is 2.14. The van der Waals surface area contributed by atoms with Gasteiger partial charge in [-0.3, -0.25) is 9.59 Å². The smallest absolute Gasteiger partial charge is 0.319 e. The van der Waals surface area contributed by atoms with E-state index >= 15 is 0 Å². The molecular formula is C11H16O4. The summed E-state index contributed by atoms with van der Waals surface area (Å²) in [6.45, 7) is 5.26. The average molecular weight is 212 g/mol. The molecule has 0 spiro atoms. The van der Waals surface area contributed by atoms with Crippen molar-refractivity contribution in [3.05, 3.63) is 12.0 Å². The van der Waals surface area contributed by atoms with Crippen molar-refractivity contribution in [3.8, 4) is 0 Å². The molecule has 0 unspecified atom stereocenters. The molecule has 1 rings (SSSR count). The Bertz CT molecular complexity index is 302. The number of ether oxygens (including phenoxy) is 2. The van der Waals surface area contributed by atoms with E-state index in [4.69, 9.17) is 9.47 Å². The molecule has 1 aliphatic heterocycles. The minimum Gasteiger partial charge on any atom is -0.393 e. The molecule has 4 nitrogen and oxygen atoms in total. The van der Waals surface area contributed by atoms with Crippen molar-refractivity contribution in [2.75, 3.05) is 0 Å². The molecule has 0 amide bonds. The van der Waals surface area contributed by atoms with Crippen LogP contribution in [0.4, 0.5) is 0 Å². The van der Waals surface area contributed by atoms with E-state index in [0.29, 0.717) is 19.3 Å². The molecule has 1 saturated heterocycles. The second-order valence-corrected chi connectivity index (χ2v) is 4.21. The van der Waals surface area contributed by atoms with Crippen LogP contribution < -0.4 is 0 Å². The van der Waals surface area contributed by atoms with Crippen LogP contribution in [0, 0.1) is 5.41 Å². The fraction of sp³-hybridized carbons (Fsp3) is 0.636. The van der Waals surface area contributed by atoms with Gasteiger partial charge < -0.3 is 9.47 Å². The summed E-state index contributed by atoms with van der Waals surface area (Å²) in [4.78, 5) is 22.9. The summed E-state index contributed by atoms with van der Waals surface area (Å²) in [5.41, 5.74) is -0.567. The lowest BCUT2D eigenvalue weighted by Gasteiger charge is -2.20.